The Balaban J connectivity index is 1.62. The molecule has 2 heterocycles. The lowest BCUT2D eigenvalue weighted by atomic mass is 10.0. The molecule has 1 fully saturated rings. The van der Waals surface area contributed by atoms with Gasteiger partial charge in [0.05, 0.1) is 19.3 Å². The number of thiophene rings is 1. The van der Waals surface area contributed by atoms with Gasteiger partial charge in [-0.25, -0.2) is 0 Å². The minimum atomic E-state index is 0.253. The predicted molar refractivity (Wildman–Crippen MR) is 119 cm³/mol. The summed E-state index contributed by atoms with van der Waals surface area (Å²) in [6, 6.07) is 12.7. The standard InChI is InChI=1S/C21H29ClN4OS/c1-23-21(25(2)10-9-19-4-3-15-28-19)24-16-20(26-11-13-27-14-12-26)17-5-7-18(22)8-6-17/h3-8,15,20H,9-14,16H2,1-2H3,(H,23,24). The molecule has 0 amide bonds. The van der Waals surface area contributed by atoms with E-state index in [4.69, 9.17) is 16.3 Å². The molecular weight excluding hydrogens is 392 g/mol. The van der Waals surface area contributed by atoms with Crippen LogP contribution in [0.25, 0.3) is 0 Å². The lowest BCUT2D eigenvalue weighted by Gasteiger charge is -2.35. The predicted octanol–water partition coefficient (Wildman–Crippen LogP) is 3.52. The van der Waals surface area contributed by atoms with E-state index in [1.807, 2.05) is 19.2 Å². The third kappa shape index (κ3) is 5.95. The SMILES string of the molecule is CN=C(NCC(c1ccc(Cl)cc1)N1CCOCC1)N(C)CCc1cccs1. The van der Waals surface area contributed by atoms with Gasteiger partial charge in [0, 0.05) is 50.2 Å². The summed E-state index contributed by atoms with van der Waals surface area (Å²) in [7, 11) is 3.94. The smallest absolute Gasteiger partial charge is 0.193 e. The maximum atomic E-state index is 6.10. The number of halogens is 1. The van der Waals surface area contributed by atoms with E-state index in [1.54, 1.807) is 11.3 Å². The number of guanidine groups is 1. The number of hydrogen-bond donors (Lipinski definition) is 1. The summed E-state index contributed by atoms with van der Waals surface area (Å²) >= 11 is 7.90. The molecule has 152 valence electrons. The average Bonchev–Trinajstić information content (AvgIpc) is 3.25. The van der Waals surface area contributed by atoms with E-state index in [0.717, 1.165) is 56.8 Å². The third-order valence-corrected chi connectivity index (χ3v) is 6.23. The Morgan fingerprint density at radius 2 is 2.04 bits per heavy atom. The lowest BCUT2D eigenvalue weighted by molar-refractivity contribution is 0.0169. The van der Waals surface area contributed by atoms with Gasteiger partial charge < -0.3 is 15.0 Å². The third-order valence-electron chi connectivity index (χ3n) is 5.04. The molecule has 5 nitrogen and oxygen atoms in total. The highest BCUT2D eigenvalue weighted by atomic mass is 35.5. The Bertz CT molecular complexity index is 729. The van der Waals surface area contributed by atoms with Gasteiger partial charge in [-0.1, -0.05) is 29.8 Å². The zero-order chi connectivity index (χ0) is 19.8. The first-order chi connectivity index (χ1) is 13.7. The highest BCUT2D eigenvalue weighted by Gasteiger charge is 2.23. The van der Waals surface area contributed by atoms with Crippen molar-refractivity contribution in [2.24, 2.45) is 4.99 Å². The molecule has 1 atom stereocenters. The summed E-state index contributed by atoms with van der Waals surface area (Å²) in [6.07, 6.45) is 1.03. The Labute approximate surface area is 177 Å². The van der Waals surface area contributed by atoms with Crippen LogP contribution in [0.2, 0.25) is 5.02 Å². The largest absolute Gasteiger partial charge is 0.379 e. The number of rotatable bonds is 7. The summed E-state index contributed by atoms with van der Waals surface area (Å²) in [4.78, 5) is 10.5. The van der Waals surface area contributed by atoms with Crippen molar-refractivity contribution in [2.45, 2.75) is 12.5 Å². The first-order valence-electron chi connectivity index (χ1n) is 9.69. The minimum absolute atomic E-state index is 0.253. The highest BCUT2D eigenvalue weighted by molar-refractivity contribution is 7.09. The Kier molecular flexibility index (Phi) is 8.15. The number of benzene rings is 1. The van der Waals surface area contributed by atoms with Crippen molar-refractivity contribution in [3.63, 3.8) is 0 Å². The fourth-order valence-corrected chi connectivity index (χ4v) is 4.27. The van der Waals surface area contributed by atoms with E-state index >= 15 is 0 Å². The molecule has 0 radical (unpaired) electrons. The van der Waals surface area contributed by atoms with Crippen LogP contribution in [0.1, 0.15) is 16.5 Å². The molecule has 1 aliphatic heterocycles. The molecule has 0 saturated carbocycles. The van der Waals surface area contributed by atoms with Crippen LogP contribution in [0.4, 0.5) is 0 Å². The topological polar surface area (TPSA) is 40.1 Å². The second kappa shape index (κ2) is 10.8. The average molecular weight is 421 g/mol. The molecule has 0 spiro atoms. The molecule has 0 bridgehead atoms. The number of nitrogens with zero attached hydrogens (tertiary/aromatic N) is 3. The quantitative estimate of drug-likeness (QED) is 0.549. The summed E-state index contributed by atoms with van der Waals surface area (Å²) in [5.41, 5.74) is 1.26. The van der Waals surface area contributed by atoms with Crippen LogP contribution in [-0.4, -0.2) is 69.2 Å². The highest BCUT2D eigenvalue weighted by Crippen LogP contribution is 2.23. The summed E-state index contributed by atoms with van der Waals surface area (Å²) in [5, 5.41) is 6.47. The molecule has 1 aromatic heterocycles. The monoisotopic (exact) mass is 420 g/mol. The fraction of sp³-hybridized carbons (Fsp3) is 0.476. The normalized spacial score (nSPS) is 16.8. The van der Waals surface area contributed by atoms with E-state index in [9.17, 15) is 0 Å². The van der Waals surface area contributed by atoms with Gasteiger partial charge in [0.2, 0.25) is 0 Å². The molecule has 28 heavy (non-hydrogen) atoms. The summed E-state index contributed by atoms with van der Waals surface area (Å²) in [5.74, 6) is 0.920. The van der Waals surface area contributed by atoms with Crippen molar-refractivity contribution >= 4 is 28.9 Å². The lowest BCUT2D eigenvalue weighted by Crippen LogP contribution is -2.47. The van der Waals surface area contributed by atoms with Gasteiger partial charge in [-0.3, -0.25) is 9.89 Å². The molecule has 1 aliphatic rings. The first kappa shape index (κ1) is 21.1. The van der Waals surface area contributed by atoms with Gasteiger partial charge in [-0.05, 0) is 35.6 Å². The van der Waals surface area contributed by atoms with Gasteiger partial charge >= 0.3 is 0 Å². The van der Waals surface area contributed by atoms with Crippen LogP contribution >= 0.6 is 22.9 Å². The molecule has 1 saturated heterocycles. The van der Waals surface area contributed by atoms with Crippen molar-refractivity contribution < 1.29 is 4.74 Å². The zero-order valence-corrected chi connectivity index (χ0v) is 18.2. The van der Waals surface area contributed by atoms with Gasteiger partial charge in [0.1, 0.15) is 0 Å². The van der Waals surface area contributed by atoms with E-state index < -0.39 is 0 Å². The fourth-order valence-electron chi connectivity index (χ4n) is 3.44. The summed E-state index contributed by atoms with van der Waals surface area (Å²) < 4.78 is 5.54. The van der Waals surface area contributed by atoms with E-state index in [1.165, 1.54) is 10.4 Å². The Hall–Kier alpha value is -1.60. The number of ether oxygens (including phenoxy) is 1. The number of likely N-dealkylation sites (N-methyl/N-ethyl adjacent to an activating group) is 1. The number of hydrogen-bond acceptors (Lipinski definition) is 4. The molecule has 1 aromatic carbocycles. The van der Waals surface area contributed by atoms with Crippen LogP contribution in [0.15, 0.2) is 46.8 Å². The van der Waals surface area contributed by atoms with Crippen molar-refractivity contribution in [3.8, 4) is 0 Å². The number of aliphatic imine (C=N–C) groups is 1. The van der Waals surface area contributed by atoms with Gasteiger partial charge in [-0.15, -0.1) is 11.3 Å². The zero-order valence-electron chi connectivity index (χ0n) is 16.6. The van der Waals surface area contributed by atoms with E-state index in [-0.39, 0.29) is 6.04 Å². The van der Waals surface area contributed by atoms with Crippen LogP contribution < -0.4 is 5.32 Å². The minimum Gasteiger partial charge on any atom is -0.379 e. The van der Waals surface area contributed by atoms with E-state index in [2.05, 4.69) is 56.8 Å². The van der Waals surface area contributed by atoms with Crippen molar-refractivity contribution in [3.05, 3.63) is 57.2 Å². The maximum absolute atomic E-state index is 6.10. The molecule has 7 heteroatoms. The van der Waals surface area contributed by atoms with Crippen LogP contribution in [0.3, 0.4) is 0 Å². The molecule has 1 N–H and O–H groups in total. The molecule has 0 aliphatic carbocycles. The number of nitrogens with one attached hydrogen (secondary N) is 1. The van der Waals surface area contributed by atoms with Crippen molar-refractivity contribution in [1.29, 1.82) is 0 Å². The maximum Gasteiger partial charge on any atom is 0.193 e. The van der Waals surface area contributed by atoms with E-state index in [0.29, 0.717) is 0 Å². The van der Waals surface area contributed by atoms with Crippen molar-refractivity contribution in [1.82, 2.24) is 15.1 Å². The second-order valence-corrected chi connectivity index (χ2v) is 8.36. The molecular formula is C21H29ClN4OS. The van der Waals surface area contributed by atoms with Crippen LogP contribution in [0, 0.1) is 0 Å². The van der Waals surface area contributed by atoms with Crippen LogP contribution in [0.5, 0.6) is 0 Å². The van der Waals surface area contributed by atoms with Crippen LogP contribution in [-0.2, 0) is 11.2 Å². The first-order valence-corrected chi connectivity index (χ1v) is 10.9. The van der Waals surface area contributed by atoms with Gasteiger partial charge in [0.15, 0.2) is 5.96 Å². The Morgan fingerprint density at radius 1 is 1.29 bits per heavy atom. The molecule has 1 unspecified atom stereocenters. The number of morpholine rings is 1. The Morgan fingerprint density at radius 3 is 2.68 bits per heavy atom. The van der Waals surface area contributed by atoms with Crippen molar-refractivity contribution in [2.75, 3.05) is 53.5 Å². The molecule has 2 aromatic rings. The van der Waals surface area contributed by atoms with Gasteiger partial charge in [-0.2, -0.15) is 0 Å². The summed E-state index contributed by atoms with van der Waals surface area (Å²) in [6.45, 7) is 5.14. The molecule has 3 rings (SSSR count). The van der Waals surface area contributed by atoms with Gasteiger partial charge in [0.25, 0.3) is 0 Å². The second-order valence-electron chi connectivity index (χ2n) is 6.89.